The summed E-state index contributed by atoms with van der Waals surface area (Å²) in [5, 5.41) is 0. The van der Waals surface area contributed by atoms with Gasteiger partial charge in [-0.05, 0) is 37.1 Å². The molecule has 0 aliphatic heterocycles. The van der Waals surface area contributed by atoms with E-state index in [-0.39, 0.29) is 16.2 Å². The van der Waals surface area contributed by atoms with Crippen LogP contribution in [-0.4, -0.2) is 29.0 Å². The second kappa shape index (κ2) is 10.9. The van der Waals surface area contributed by atoms with Gasteiger partial charge in [0.15, 0.2) is 0 Å². The van der Waals surface area contributed by atoms with Crippen molar-refractivity contribution in [2.75, 3.05) is 0 Å². The van der Waals surface area contributed by atoms with E-state index in [1.165, 1.54) is 24.3 Å². The Kier molecular flexibility index (Phi) is 8.82. The molecule has 0 aromatic heterocycles. The lowest BCUT2D eigenvalue weighted by molar-refractivity contribution is 0.107. The van der Waals surface area contributed by atoms with E-state index in [9.17, 15) is 16.8 Å². The summed E-state index contributed by atoms with van der Waals surface area (Å²) >= 11 is 0. The summed E-state index contributed by atoms with van der Waals surface area (Å²) in [6.07, 6.45) is 1.15. The molecule has 2 aromatic carbocycles. The molecule has 0 bridgehead atoms. The fraction of sp³-hybridized carbons (Fsp3) is 0.429. The van der Waals surface area contributed by atoms with Gasteiger partial charge in [0.1, 0.15) is 0 Å². The Bertz CT molecular complexity index is 862. The van der Waals surface area contributed by atoms with Crippen LogP contribution in [0, 0.1) is 0 Å². The third kappa shape index (κ3) is 7.22. The quantitative estimate of drug-likeness (QED) is 0.451. The minimum atomic E-state index is -3.94. The molecule has 0 fully saturated rings. The average molecular weight is 441 g/mol. The Balaban J connectivity index is 2.16. The zero-order valence-corrected chi connectivity index (χ0v) is 18.4. The molecule has 0 radical (unpaired) electrons. The number of hydrogen-bond acceptors (Lipinski definition) is 6. The highest BCUT2D eigenvalue weighted by Gasteiger charge is 2.28. The van der Waals surface area contributed by atoms with Crippen LogP contribution in [0.25, 0.3) is 0 Å². The molecule has 0 saturated carbocycles. The molecule has 2 aromatic rings. The topological polar surface area (TPSA) is 86.7 Å². The predicted octanol–water partition coefficient (Wildman–Crippen LogP) is 4.52. The van der Waals surface area contributed by atoms with Crippen LogP contribution in [0.1, 0.15) is 46.0 Å². The first kappa shape index (κ1) is 23.5. The van der Waals surface area contributed by atoms with Gasteiger partial charge in [-0.15, -0.1) is 0 Å². The van der Waals surface area contributed by atoms with E-state index >= 15 is 0 Å². The van der Waals surface area contributed by atoms with E-state index in [0.717, 1.165) is 0 Å². The molecule has 8 heteroatoms. The van der Waals surface area contributed by atoms with Gasteiger partial charge in [-0.1, -0.05) is 63.1 Å². The monoisotopic (exact) mass is 440 g/mol. The summed E-state index contributed by atoms with van der Waals surface area (Å²) in [7, 11) is -7.89. The molecule has 2 unspecified atom stereocenters. The van der Waals surface area contributed by atoms with E-state index in [1.54, 1.807) is 36.4 Å². The van der Waals surface area contributed by atoms with Gasteiger partial charge >= 0.3 is 0 Å². The first-order valence-electron chi connectivity index (χ1n) is 9.75. The Morgan fingerprint density at radius 2 is 1.00 bits per heavy atom. The van der Waals surface area contributed by atoms with E-state index in [2.05, 4.69) is 0 Å². The fourth-order valence-electron chi connectivity index (χ4n) is 2.99. The SMILES string of the molecule is CCCC(CC(CCC)OS(=O)(=O)c1ccccc1)OS(=O)(=O)c1ccccc1. The van der Waals surface area contributed by atoms with Crippen molar-refractivity contribution >= 4 is 20.2 Å². The minimum absolute atomic E-state index is 0.0750. The van der Waals surface area contributed by atoms with Gasteiger partial charge in [-0.2, -0.15) is 16.8 Å². The Morgan fingerprint density at radius 1 is 0.655 bits per heavy atom. The summed E-state index contributed by atoms with van der Waals surface area (Å²) in [6.45, 7) is 3.84. The summed E-state index contributed by atoms with van der Waals surface area (Å²) < 4.78 is 61.2. The van der Waals surface area contributed by atoms with E-state index in [4.69, 9.17) is 8.37 Å². The highest BCUT2D eigenvalue weighted by Crippen LogP contribution is 2.24. The highest BCUT2D eigenvalue weighted by atomic mass is 32.2. The smallest absolute Gasteiger partial charge is 0.263 e. The number of hydrogen-bond donors (Lipinski definition) is 0. The van der Waals surface area contributed by atoms with Gasteiger partial charge < -0.3 is 0 Å². The molecule has 0 heterocycles. The summed E-state index contributed by atoms with van der Waals surface area (Å²) in [6, 6.07) is 15.8. The van der Waals surface area contributed by atoms with Crippen molar-refractivity contribution < 1.29 is 25.2 Å². The average Bonchev–Trinajstić information content (AvgIpc) is 2.69. The zero-order chi connectivity index (χ0) is 21.3. The van der Waals surface area contributed by atoms with Crippen LogP contribution in [0.2, 0.25) is 0 Å². The lowest BCUT2D eigenvalue weighted by Crippen LogP contribution is -2.27. The van der Waals surface area contributed by atoms with Gasteiger partial charge in [0.2, 0.25) is 0 Å². The Hall–Kier alpha value is -1.74. The van der Waals surface area contributed by atoms with Crippen molar-refractivity contribution in [3.05, 3.63) is 60.7 Å². The summed E-state index contributed by atoms with van der Waals surface area (Å²) in [5.74, 6) is 0. The van der Waals surface area contributed by atoms with Crippen LogP contribution in [0.5, 0.6) is 0 Å². The molecule has 2 atom stereocenters. The molecule has 0 aliphatic rings. The standard InChI is InChI=1S/C21H28O6S2/c1-3-11-18(26-28(22,23)20-13-7-5-8-14-20)17-19(12-4-2)27-29(24,25)21-15-9-6-10-16-21/h5-10,13-16,18-19H,3-4,11-12,17H2,1-2H3. The van der Waals surface area contributed by atoms with Crippen LogP contribution in [-0.2, 0) is 28.6 Å². The van der Waals surface area contributed by atoms with Gasteiger partial charge in [0, 0.05) is 6.42 Å². The second-order valence-electron chi connectivity index (χ2n) is 6.78. The van der Waals surface area contributed by atoms with Gasteiger partial charge in [0.25, 0.3) is 20.2 Å². The third-order valence-corrected chi connectivity index (χ3v) is 7.09. The first-order valence-corrected chi connectivity index (χ1v) is 12.6. The molecule has 0 saturated heterocycles. The molecule has 0 N–H and O–H groups in total. The third-order valence-electron chi connectivity index (χ3n) is 4.34. The summed E-state index contributed by atoms with van der Waals surface area (Å²) in [5.41, 5.74) is 0. The normalized spacial score (nSPS) is 14.4. The Morgan fingerprint density at radius 3 is 1.31 bits per heavy atom. The van der Waals surface area contributed by atoms with Crippen molar-refractivity contribution in [2.24, 2.45) is 0 Å². The number of rotatable bonds is 12. The van der Waals surface area contributed by atoms with E-state index in [1.807, 2.05) is 13.8 Å². The van der Waals surface area contributed by atoms with Gasteiger partial charge in [-0.3, -0.25) is 8.37 Å². The largest absolute Gasteiger partial charge is 0.297 e. The first-order chi connectivity index (χ1) is 13.8. The predicted molar refractivity (Wildman–Crippen MR) is 111 cm³/mol. The Labute approximate surface area is 174 Å². The van der Waals surface area contributed by atoms with Gasteiger partial charge in [0.05, 0.1) is 22.0 Å². The minimum Gasteiger partial charge on any atom is -0.263 e. The van der Waals surface area contributed by atoms with Crippen LogP contribution in [0.4, 0.5) is 0 Å². The maximum atomic E-state index is 12.6. The molecule has 0 aliphatic carbocycles. The van der Waals surface area contributed by atoms with Crippen molar-refractivity contribution in [3.8, 4) is 0 Å². The summed E-state index contributed by atoms with van der Waals surface area (Å²) in [4.78, 5) is 0.150. The highest BCUT2D eigenvalue weighted by molar-refractivity contribution is 7.87. The maximum absolute atomic E-state index is 12.6. The molecular weight excluding hydrogens is 412 g/mol. The van der Waals surface area contributed by atoms with E-state index < -0.39 is 32.4 Å². The zero-order valence-electron chi connectivity index (χ0n) is 16.7. The maximum Gasteiger partial charge on any atom is 0.297 e. The van der Waals surface area contributed by atoms with Crippen molar-refractivity contribution in [1.82, 2.24) is 0 Å². The van der Waals surface area contributed by atoms with Crippen LogP contribution >= 0.6 is 0 Å². The molecule has 2 rings (SSSR count). The van der Waals surface area contributed by atoms with E-state index in [0.29, 0.717) is 25.7 Å². The van der Waals surface area contributed by atoms with Crippen molar-refractivity contribution in [2.45, 2.75) is 68.0 Å². The van der Waals surface area contributed by atoms with Crippen molar-refractivity contribution in [3.63, 3.8) is 0 Å². The molecule has 0 spiro atoms. The van der Waals surface area contributed by atoms with Crippen LogP contribution in [0.15, 0.2) is 70.5 Å². The number of benzene rings is 2. The lowest BCUT2D eigenvalue weighted by atomic mass is 10.0. The second-order valence-corrected chi connectivity index (χ2v) is 9.93. The molecule has 0 amide bonds. The van der Waals surface area contributed by atoms with Crippen LogP contribution in [0.3, 0.4) is 0 Å². The van der Waals surface area contributed by atoms with Crippen molar-refractivity contribution in [1.29, 1.82) is 0 Å². The fourth-order valence-corrected chi connectivity index (χ4v) is 5.26. The molecule has 160 valence electrons. The molecule has 6 nitrogen and oxygen atoms in total. The lowest BCUT2D eigenvalue weighted by Gasteiger charge is -2.23. The van der Waals surface area contributed by atoms with Gasteiger partial charge in [-0.25, -0.2) is 0 Å². The van der Waals surface area contributed by atoms with Crippen LogP contribution < -0.4 is 0 Å². The molecule has 29 heavy (non-hydrogen) atoms. The molecular formula is C21H28O6S2.